The van der Waals surface area contributed by atoms with Crippen molar-refractivity contribution in [1.82, 2.24) is 14.9 Å². The van der Waals surface area contributed by atoms with Gasteiger partial charge >= 0.3 is 6.18 Å². The normalized spacial score (nSPS) is 17.4. The van der Waals surface area contributed by atoms with Crippen LogP contribution in [0, 0.1) is 6.92 Å². The molecule has 228 valence electrons. The summed E-state index contributed by atoms with van der Waals surface area (Å²) in [4.78, 5) is 20.4. The molecule has 0 bridgehead atoms. The molecule has 0 aliphatic carbocycles. The number of aromatic nitrogens is 2. The molecule has 0 spiro atoms. The zero-order valence-electron chi connectivity index (χ0n) is 23.4. The van der Waals surface area contributed by atoms with Gasteiger partial charge in [-0.05, 0) is 82.1 Å². The van der Waals surface area contributed by atoms with Crippen molar-refractivity contribution < 1.29 is 31.5 Å². The van der Waals surface area contributed by atoms with Crippen molar-refractivity contribution in [2.45, 2.75) is 49.2 Å². The lowest BCUT2D eigenvalue weighted by Crippen LogP contribution is -2.56. The van der Waals surface area contributed by atoms with Crippen LogP contribution in [0.15, 0.2) is 59.9 Å². The molecular weight excluding hydrogens is 595 g/mol. The fourth-order valence-electron chi connectivity index (χ4n) is 5.18. The van der Waals surface area contributed by atoms with Crippen LogP contribution in [0.1, 0.15) is 36.0 Å². The average molecular weight is 628 g/mol. The highest BCUT2D eigenvalue weighted by molar-refractivity contribution is 7.92. The first-order valence-corrected chi connectivity index (χ1v) is 14.8. The topological polar surface area (TPSA) is 116 Å². The van der Waals surface area contributed by atoms with E-state index in [0.29, 0.717) is 30.5 Å². The van der Waals surface area contributed by atoms with Gasteiger partial charge in [0.2, 0.25) is 0 Å². The molecule has 1 aliphatic rings. The van der Waals surface area contributed by atoms with Crippen molar-refractivity contribution in [3.63, 3.8) is 0 Å². The number of halogens is 4. The van der Waals surface area contributed by atoms with Gasteiger partial charge in [0.05, 0.1) is 10.6 Å². The van der Waals surface area contributed by atoms with Gasteiger partial charge in [-0.1, -0.05) is 29.8 Å². The molecule has 3 aromatic rings. The zero-order valence-corrected chi connectivity index (χ0v) is 25.0. The molecule has 1 aromatic heterocycles. The minimum Gasteiger partial charge on any atom is -0.483 e. The SMILES string of the molecule is Cc1cc(N2CCC[C@](CCc3cccc(C(F)(F)F)c3)(N(C)C)C2)cc(Cl)c1S(=O)(=O)Nc1ccncn1.O=CO. The van der Waals surface area contributed by atoms with E-state index in [9.17, 15) is 21.6 Å². The number of aryl methyl sites for hydroxylation is 2. The quantitative estimate of drug-likeness (QED) is 0.315. The van der Waals surface area contributed by atoms with E-state index in [1.807, 2.05) is 14.1 Å². The molecule has 42 heavy (non-hydrogen) atoms. The van der Waals surface area contributed by atoms with E-state index in [1.54, 1.807) is 25.1 Å². The van der Waals surface area contributed by atoms with Crippen LogP contribution in [-0.2, 0) is 27.4 Å². The lowest BCUT2D eigenvalue weighted by Gasteiger charge is -2.48. The predicted octanol–water partition coefficient (Wildman–Crippen LogP) is 5.49. The predicted molar refractivity (Wildman–Crippen MR) is 155 cm³/mol. The maximum absolute atomic E-state index is 13.2. The third-order valence-electron chi connectivity index (χ3n) is 7.31. The van der Waals surface area contributed by atoms with Crippen molar-refractivity contribution in [2.75, 3.05) is 36.8 Å². The second-order valence-electron chi connectivity index (χ2n) is 10.2. The summed E-state index contributed by atoms with van der Waals surface area (Å²) in [6.45, 7) is 2.82. The Hall–Kier alpha value is -3.42. The number of carboxylic acid groups (broad SMARTS) is 1. The zero-order chi connectivity index (χ0) is 31.1. The standard InChI is InChI=1S/C27H31ClF3N5O2S.CH2O2/c1-19-14-22(16-23(28)25(19)39(37,38)34-24-9-12-32-18-33-24)36-13-5-10-26(17-36,35(2)3)11-8-20-6-4-7-21(15-20)27(29,30)31;2-1-3/h4,6-7,9,12,14-16,18H,5,8,10-11,13,17H2,1-3H3,(H,32,33,34);1H,(H,2,3)/t26-;/m1./s1. The van der Waals surface area contributed by atoms with Gasteiger partial charge in [0.25, 0.3) is 16.5 Å². The fourth-order valence-corrected chi connectivity index (χ4v) is 7.04. The van der Waals surface area contributed by atoms with Gasteiger partial charge in [-0.25, -0.2) is 18.4 Å². The van der Waals surface area contributed by atoms with Crippen molar-refractivity contribution in [2.24, 2.45) is 0 Å². The second kappa shape index (κ2) is 13.7. The molecule has 2 N–H and O–H groups in total. The molecule has 14 heteroatoms. The average Bonchev–Trinajstić information content (AvgIpc) is 2.92. The Morgan fingerprint density at radius 1 is 1.21 bits per heavy atom. The summed E-state index contributed by atoms with van der Waals surface area (Å²) in [5.74, 6) is 0.136. The number of carbonyl (C=O) groups is 1. The minimum absolute atomic E-state index is 0.0213. The van der Waals surface area contributed by atoms with Crippen LogP contribution in [0.25, 0.3) is 0 Å². The van der Waals surface area contributed by atoms with E-state index < -0.39 is 21.8 Å². The number of piperidine rings is 1. The summed E-state index contributed by atoms with van der Waals surface area (Å²) in [6, 6.07) is 10.4. The summed E-state index contributed by atoms with van der Waals surface area (Å²) in [6.07, 6.45) is 1.22. The Kier molecular flexibility index (Phi) is 10.8. The lowest BCUT2D eigenvalue weighted by molar-refractivity contribution is -0.137. The Morgan fingerprint density at radius 2 is 1.93 bits per heavy atom. The molecule has 1 aliphatic heterocycles. The third kappa shape index (κ3) is 8.11. The molecule has 0 unspecified atom stereocenters. The molecule has 0 amide bonds. The van der Waals surface area contributed by atoms with Gasteiger partial charge in [-0.2, -0.15) is 13.2 Å². The monoisotopic (exact) mass is 627 g/mol. The highest BCUT2D eigenvalue weighted by atomic mass is 35.5. The van der Waals surface area contributed by atoms with Crippen molar-refractivity contribution in [3.8, 4) is 0 Å². The van der Waals surface area contributed by atoms with E-state index in [2.05, 4.69) is 24.5 Å². The largest absolute Gasteiger partial charge is 0.483 e. The van der Waals surface area contributed by atoms with Gasteiger partial charge < -0.3 is 14.9 Å². The lowest BCUT2D eigenvalue weighted by atomic mass is 9.82. The number of anilines is 2. The molecule has 4 rings (SSSR count). The number of sulfonamides is 1. The molecule has 1 atom stereocenters. The molecule has 0 radical (unpaired) electrons. The molecular formula is C28H33ClF3N5O4S. The first-order chi connectivity index (χ1) is 19.7. The van der Waals surface area contributed by atoms with Crippen molar-refractivity contribution in [1.29, 1.82) is 0 Å². The van der Waals surface area contributed by atoms with Crippen LogP contribution in [0.4, 0.5) is 24.7 Å². The maximum Gasteiger partial charge on any atom is 0.416 e. The smallest absolute Gasteiger partial charge is 0.416 e. The van der Waals surface area contributed by atoms with Crippen LogP contribution < -0.4 is 9.62 Å². The molecule has 0 saturated carbocycles. The number of alkyl halides is 3. The van der Waals surface area contributed by atoms with Gasteiger partial charge in [0.15, 0.2) is 0 Å². The Labute approximate surface area is 248 Å². The van der Waals surface area contributed by atoms with Crippen molar-refractivity contribution in [3.05, 3.63) is 76.7 Å². The Bertz CT molecular complexity index is 1450. The summed E-state index contributed by atoms with van der Waals surface area (Å²) < 4.78 is 68.2. The summed E-state index contributed by atoms with van der Waals surface area (Å²) >= 11 is 6.55. The summed E-state index contributed by atoms with van der Waals surface area (Å²) in [5.41, 5.74) is 1.01. The van der Waals surface area contributed by atoms with Crippen LogP contribution in [-0.4, -0.2) is 67.6 Å². The van der Waals surface area contributed by atoms with Gasteiger partial charge in [-0.3, -0.25) is 9.52 Å². The molecule has 9 nitrogen and oxygen atoms in total. The third-order valence-corrected chi connectivity index (χ3v) is 9.27. The summed E-state index contributed by atoms with van der Waals surface area (Å²) in [7, 11) is -0.0140. The van der Waals surface area contributed by atoms with Crippen LogP contribution in [0.5, 0.6) is 0 Å². The van der Waals surface area contributed by atoms with Crippen LogP contribution in [0.3, 0.4) is 0 Å². The van der Waals surface area contributed by atoms with Crippen molar-refractivity contribution >= 4 is 39.6 Å². The van der Waals surface area contributed by atoms with Gasteiger partial charge in [0.1, 0.15) is 17.0 Å². The number of likely N-dealkylation sites (N-methyl/N-ethyl adjacent to an activating group) is 1. The number of hydrogen-bond donors (Lipinski definition) is 2. The molecule has 1 fully saturated rings. The van der Waals surface area contributed by atoms with E-state index in [-0.39, 0.29) is 27.7 Å². The highest BCUT2D eigenvalue weighted by Gasteiger charge is 2.38. The molecule has 2 heterocycles. The van der Waals surface area contributed by atoms with Crippen LogP contribution >= 0.6 is 11.6 Å². The first kappa shape index (κ1) is 33.1. The van der Waals surface area contributed by atoms with Gasteiger partial charge in [0, 0.05) is 30.5 Å². The van der Waals surface area contributed by atoms with E-state index in [1.165, 1.54) is 30.7 Å². The summed E-state index contributed by atoms with van der Waals surface area (Å²) in [5, 5.41) is 6.98. The fraction of sp³-hybridized carbons (Fsp3) is 0.393. The minimum atomic E-state index is -4.38. The Balaban J connectivity index is 0.00000155. The highest BCUT2D eigenvalue weighted by Crippen LogP contribution is 2.37. The van der Waals surface area contributed by atoms with E-state index in [4.69, 9.17) is 21.5 Å². The Morgan fingerprint density at radius 3 is 2.52 bits per heavy atom. The van der Waals surface area contributed by atoms with Gasteiger partial charge in [-0.15, -0.1) is 0 Å². The molecule has 2 aromatic carbocycles. The number of hydrogen-bond acceptors (Lipinski definition) is 7. The number of nitrogens with one attached hydrogen (secondary N) is 1. The van der Waals surface area contributed by atoms with E-state index in [0.717, 1.165) is 31.1 Å². The second-order valence-corrected chi connectivity index (χ2v) is 12.2. The van der Waals surface area contributed by atoms with Crippen LogP contribution in [0.2, 0.25) is 5.02 Å². The number of benzene rings is 2. The molecule has 1 saturated heterocycles. The maximum atomic E-state index is 13.2. The number of nitrogens with zero attached hydrogens (tertiary/aromatic N) is 4. The number of rotatable bonds is 8. The first-order valence-electron chi connectivity index (χ1n) is 13.0. The van der Waals surface area contributed by atoms with E-state index >= 15 is 0 Å².